The minimum Gasteiger partial charge on any atom is -0.304 e. The van der Waals surface area contributed by atoms with Crippen LogP contribution in [0.15, 0.2) is 102 Å². The number of fused-ring (bicyclic) bond motifs is 1. The molecule has 5 rings (SSSR count). The highest BCUT2D eigenvalue weighted by Gasteiger charge is 2.22. The van der Waals surface area contributed by atoms with Gasteiger partial charge in [0.2, 0.25) is 0 Å². The van der Waals surface area contributed by atoms with Crippen LogP contribution < -0.4 is 5.69 Å². The lowest BCUT2D eigenvalue weighted by atomic mass is 9.86. The second-order valence-corrected chi connectivity index (χ2v) is 9.45. The zero-order chi connectivity index (χ0) is 23.0. The molecule has 0 radical (unpaired) electrons. The molecule has 0 bridgehead atoms. The molecule has 0 amide bonds. The third-order valence-electron chi connectivity index (χ3n) is 6.13. The summed E-state index contributed by atoms with van der Waals surface area (Å²) in [6, 6.07) is 30.5. The third kappa shape index (κ3) is 4.00. The number of aromatic nitrogens is 3. The summed E-state index contributed by atoms with van der Waals surface area (Å²) in [6.07, 6.45) is 1.85. The van der Waals surface area contributed by atoms with E-state index in [1.807, 2.05) is 72.9 Å². The number of hydrogen-bond acceptors (Lipinski definition) is 2. The van der Waals surface area contributed by atoms with Crippen LogP contribution in [0, 0.1) is 0 Å². The Morgan fingerprint density at radius 3 is 1.91 bits per heavy atom. The van der Waals surface area contributed by atoms with Gasteiger partial charge in [-0.15, -0.1) is 0 Å². The molecule has 4 nitrogen and oxygen atoms in total. The monoisotopic (exact) mass is 433 g/mol. The fourth-order valence-electron chi connectivity index (χ4n) is 4.33. The fraction of sp³-hybridized carbons (Fsp3) is 0.172. The molecule has 0 aliphatic heterocycles. The quantitative estimate of drug-likeness (QED) is 0.360. The normalized spacial score (nSPS) is 11.9. The van der Waals surface area contributed by atoms with Crippen molar-refractivity contribution in [3.05, 3.63) is 124 Å². The van der Waals surface area contributed by atoms with Gasteiger partial charge in [0.1, 0.15) is 0 Å². The molecular weight excluding hydrogens is 406 g/mol. The molecule has 0 saturated heterocycles. The van der Waals surface area contributed by atoms with E-state index in [1.54, 1.807) is 4.57 Å². The van der Waals surface area contributed by atoms with E-state index in [9.17, 15) is 4.79 Å². The van der Waals surface area contributed by atoms with Gasteiger partial charge in [-0.1, -0.05) is 106 Å². The number of imidazole rings is 1. The molecule has 164 valence electrons. The van der Waals surface area contributed by atoms with Gasteiger partial charge < -0.3 is 4.98 Å². The summed E-state index contributed by atoms with van der Waals surface area (Å²) in [6.45, 7) is 6.62. The highest BCUT2D eigenvalue weighted by atomic mass is 16.1. The first kappa shape index (κ1) is 21.0. The summed E-state index contributed by atoms with van der Waals surface area (Å²) in [5.74, 6) is 0. The second-order valence-electron chi connectivity index (χ2n) is 9.45. The van der Waals surface area contributed by atoms with Gasteiger partial charge in [0, 0.05) is 11.8 Å². The van der Waals surface area contributed by atoms with Crippen molar-refractivity contribution in [2.24, 2.45) is 0 Å². The zero-order valence-corrected chi connectivity index (χ0v) is 19.1. The maximum Gasteiger partial charge on any atom is 0.328 e. The lowest BCUT2D eigenvalue weighted by Crippen LogP contribution is -2.24. The average molecular weight is 434 g/mol. The van der Waals surface area contributed by atoms with Crippen LogP contribution in [-0.4, -0.2) is 14.5 Å². The van der Waals surface area contributed by atoms with Crippen LogP contribution in [0.2, 0.25) is 0 Å². The Morgan fingerprint density at radius 2 is 1.36 bits per heavy atom. The highest BCUT2D eigenvalue weighted by molar-refractivity contribution is 5.78. The third-order valence-corrected chi connectivity index (χ3v) is 6.13. The van der Waals surface area contributed by atoms with E-state index in [0.717, 1.165) is 27.8 Å². The van der Waals surface area contributed by atoms with Crippen molar-refractivity contribution in [1.29, 1.82) is 0 Å². The number of benzene rings is 3. The minimum absolute atomic E-state index is 0.104. The van der Waals surface area contributed by atoms with E-state index in [-0.39, 0.29) is 17.1 Å². The summed E-state index contributed by atoms with van der Waals surface area (Å²) in [5.41, 5.74) is 6.73. The van der Waals surface area contributed by atoms with Crippen molar-refractivity contribution in [2.45, 2.75) is 32.2 Å². The molecule has 2 heterocycles. The summed E-state index contributed by atoms with van der Waals surface area (Å²) in [7, 11) is 0. The van der Waals surface area contributed by atoms with E-state index < -0.39 is 0 Å². The van der Waals surface area contributed by atoms with Gasteiger partial charge in [0.25, 0.3) is 0 Å². The van der Waals surface area contributed by atoms with Crippen molar-refractivity contribution in [1.82, 2.24) is 14.5 Å². The lowest BCUT2D eigenvalue weighted by Gasteiger charge is -2.20. The van der Waals surface area contributed by atoms with E-state index in [0.29, 0.717) is 5.65 Å². The van der Waals surface area contributed by atoms with Crippen LogP contribution >= 0.6 is 0 Å². The molecule has 5 aromatic rings. The van der Waals surface area contributed by atoms with E-state index >= 15 is 0 Å². The summed E-state index contributed by atoms with van der Waals surface area (Å²) in [4.78, 5) is 21.0. The van der Waals surface area contributed by atoms with Gasteiger partial charge >= 0.3 is 5.69 Å². The first-order chi connectivity index (χ1) is 15.9. The van der Waals surface area contributed by atoms with E-state index in [1.165, 1.54) is 5.56 Å². The number of aromatic amines is 1. The number of nitrogens with one attached hydrogen (secondary N) is 1. The topological polar surface area (TPSA) is 50.7 Å². The molecule has 0 aliphatic carbocycles. The Balaban J connectivity index is 1.62. The predicted molar refractivity (Wildman–Crippen MR) is 135 cm³/mol. The molecule has 0 saturated carbocycles. The number of pyridine rings is 1. The summed E-state index contributed by atoms with van der Waals surface area (Å²) in [5, 5.41) is 0. The molecule has 3 aromatic carbocycles. The van der Waals surface area contributed by atoms with Gasteiger partial charge in [-0.2, -0.15) is 0 Å². The first-order valence-electron chi connectivity index (χ1n) is 11.2. The van der Waals surface area contributed by atoms with Crippen LogP contribution in [0.5, 0.6) is 0 Å². The van der Waals surface area contributed by atoms with Gasteiger partial charge in [-0.05, 0) is 33.7 Å². The minimum atomic E-state index is -0.266. The molecule has 1 N–H and O–H groups in total. The predicted octanol–water partition coefficient (Wildman–Crippen LogP) is 6.33. The molecule has 4 heteroatoms. The molecule has 0 atom stereocenters. The zero-order valence-electron chi connectivity index (χ0n) is 19.1. The van der Waals surface area contributed by atoms with Crippen molar-refractivity contribution in [3.63, 3.8) is 0 Å². The number of hydrogen-bond donors (Lipinski definition) is 1. The molecule has 2 aromatic heterocycles. The summed E-state index contributed by atoms with van der Waals surface area (Å²) >= 11 is 0. The van der Waals surface area contributed by atoms with Crippen LogP contribution in [-0.2, 0) is 5.41 Å². The molecule has 0 aliphatic rings. The van der Waals surface area contributed by atoms with Gasteiger partial charge in [-0.25, -0.2) is 9.78 Å². The van der Waals surface area contributed by atoms with E-state index in [4.69, 9.17) is 4.98 Å². The van der Waals surface area contributed by atoms with Crippen molar-refractivity contribution < 1.29 is 0 Å². The highest BCUT2D eigenvalue weighted by Crippen LogP contribution is 2.30. The average Bonchev–Trinajstić information content (AvgIpc) is 3.15. The Kier molecular flexibility index (Phi) is 5.21. The van der Waals surface area contributed by atoms with Gasteiger partial charge in [0.05, 0.1) is 11.6 Å². The van der Waals surface area contributed by atoms with Crippen molar-refractivity contribution >= 4 is 11.2 Å². The summed E-state index contributed by atoms with van der Waals surface area (Å²) < 4.78 is 1.76. The van der Waals surface area contributed by atoms with Crippen molar-refractivity contribution in [2.75, 3.05) is 0 Å². The molecule has 0 spiro atoms. The van der Waals surface area contributed by atoms with Crippen LogP contribution in [0.1, 0.15) is 43.5 Å². The Hall–Kier alpha value is -3.92. The maximum absolute atomic E-state index is 13.2. The Bertz CT molecular complexity index is 1400. The number of nitrogens with zero attached hydrogens (tertiary/aromatic N) is 2. The van der Waals surface area contributed by atoms with E-state index in [2.05, 4.69) is 50.0 Å². The lowest BCUT2D eigenvalue weighted by molar-refractivity contribution is 0.590. The molecule has 0 unspecified atom stereocenters. The van der Waals surface area contributed by atoms with Crippen LogP contribution in [0.25, 0.3) is 22.3 Å². The van der Waals surface area contributed by atoms with Crippen LogP contribution in [0.3, 0.4) is 0 Å². The number of rotatable bonds is 4. The van der Waals surface area contributed by atoms with Gasteiger partial charge in [0.15, 0.2) is 5.65 Å². The fourth-order valence-corrected chi connectivity index (χ4v) is 4.33. The molecular formula is C29H27N3O. The standard InChI is InChI=1S/C29H27N3O/c1-29(2,3)24-16-14-20(15-17-24)23-18-25-27(30-19-23)32(28(33)31-25)26(21-10-6-4-7-11-21)22-12-8-5-9-13-22/h4-19,26H,1-3H3,(H,31,33). The number of H-pyrrole nitrogens is 1. The molecule has 0 fully saturated rings. The largest absolute Gasteiger partial charge is 0.328 e. The van der Waals surface area contributed by atoms with Crippen molar-refractivity contribution in [3.8, 4) is 11.1 Å². The SMILES string of the molecule is CC(C)(C)c1ccc(-c2cnc3c(c2)[nH]c(=O)n3C(c2ccccc2)c2ccccc2)cc1. The maximum atomic E-state index is 13.2. The molecule has 33 heavy (non-hydrogen) atoms. The second kappa shape index (κ2) is 8.21. The smallest absolute Gasteiger partial charge is 0.304 e. The van der Waals surface area contributed by atoms with Gasteiger partial charge in [-0.3, -0.25) is 4.57 Å². The first-order valence-corrected chi connectivity index (χ1v) is 11.2. The Labute approximate surface area is 193 Å². The van der Waals surface area contributed by atoms with Crippen LogP contribution in [0.4, 0.5) is 0 Å². The Morgan fingerprint density at radius 1 is 0.788 bits per heavy atom.